The molecule has 0 saturated heterocycles. The SMILES string of the molecule is CN(Cc1ccc(-n2c(-c3cccnc3N)nc3ccc(-c4ccccc4)nc32)cc1)C1CCCCC1.N/C=N\O. The molecule has 9 heteroatoms. The van der Waals surface area contributed by atoms with Gasteiger partial charge in [-0.3, -0.25) is 9.47 Å². The Kier molecular flexibility index (Phi) is 8.85. The van der Waals surface area contributed by atoms with E-state index in [2.05, 4.69) is 68.8 Å². The van der Waals surface area contributed by atoms with Gasteiger partial charge in [0.1, 0.15) is 17.7 Å². The average Bonchev–Trinajstić information content (AvgIpc) is 3.41. The normalized spacial score (nSPS) is 13.9. The van der Waals surface area contributed by atoms with Gasteiger partial charge in [0.15, 0.2) is 11.5 Å². The Labute approximate surface area is 240 Å². The molecule has 1 aliphatic carbocycles. The molecule has 6 rings (SSSR count). The number of aromatic nitrogens is 4. The van der Waals surface area contributed by atoms with Crippen LogP contribution in [0.3, 0.4) is 0 Å². The molecule has 0 unspecified atom stereocenters. The van der Waals surface area contributed by atoms with Gasteiger partial charge in [-0.05, 0) is 61.9 Å². The zero-order valence-corrected chi connectivity index (χ0v) is 23.3. The summed E-state index contributed by atoms with van der Waals surface area (Å²) in [6.07, 6.45) is 9.19. The topological polar surface area (TPSA) is 131 Å². The third-order valence-electron chi connectivity index (χ3n) is 7.54. The maximum Gasteiger partial charge on any atom is 0.165 e. The van der Waals surface area contributed by atoms with E-state index in [1.165, 1.54) is 37.7 Å². The Morgan fingerprint density at radius 1 is 0.951 bits per heavy atom. The molecule has 1 saturated carbocycles. The van der Waals surface area contributed by atoms with E-state index in [4.69, 9.17) is 20.9 Å². The van der Waals surface area contributed by atoms with Crippen molar-refractivity contribution in [3.8, 4) is 28.3 Å². The summed E-state index contributed by atoms with van der Waals surface area (Å²) in [6.45, 7) is 0.953. The molecule has 5 aromatic rings. The first-order valence-corrected chi connectivity index (χ1v) is 13.9. The van der Waals surface area contributed by atoms with Crippen LogP contribution in [-0.2, 0) is 6.54 Å². The predicted octanol–water partition coefficient (Wildman–Crippen LogP) is 5.86. The van der Waals surface area contributed by atoms with Gasteiger partial charge in [-0.25, -0.2) is 15.0 Å². The van der Waals surface area contributed by atoms with Gasteiger partial charge in [0.2, 0.25) is 0 Å². The molecule has 9 nitrogen and oxygen atoms in total. The zero-order chi connectivity index (χ0) is 28.6. The standard InChI is InChI=1S/C31H32N6.CH4N2O/c1-36(24-11-6-3-7-12-24)21-22-14-16-25(17-15-22)37-30(26-13-8-20-33-29(26)32)35-28-19-18-27(34-31(28)37)23-9-4-2-5-10-23;2-1-3-4/h2,4-5,8-10,13-20,24H,3,6-7,11-12,21H2,1H3,(H2,32,33);1,4H,(H2,2,3). The van der Waals surface area contributed by atoms with Crippen molar-refractivity contribution in [3.63, 3.8) is 0 Å². The Morgan fingerprint density at radius 2 is 1.68 bits per heavy atom. The fourth-order valence-corrected chi connectivity index (χ4v) is 5.45. The van der Waals surface area contributed by atoms with Crippen molar-refractivity contribution in [2.24, 2.45) is 10.9 Å². The minimum absolute atomic E-state index is 0.452. The van der Waals surface area contributed by atoms with Gasteiger partial charge in [-0.2, -0.15) is 0 Å². The van der Waals surface area contributed by atoms with Gasteiger partial charge in [0, 0.05) is 30.0 Å². The number of rotatable bonds is 6. The molecule has 210 valence electrons. The molecular weight excluding hydrogens is 512 g/mol. The first-order valence-electron chi connectivity index (χ1n) is 13.9. The summed E-state index contributed by atoms with van der Waals surface area (Å²) >= 11 is 0. The maximum absolute atomic E-state index is 7.32. The number of hydrogen-bond donors (Lipinski definition) is 3. The number of fused-ring (bicyclic) bond motifs is 1. The van der Waals surface area contributed by atoms with E-state index in [1.807, 2.05) is 42.5 Å². The van der Waals surface area contributed by atoms with Gasteiger partial charge in [0.05, 0.1) is 11.3 Å². The number of anilines is 1. The van der Waals surface area contributed by atoms with Crippen LogP contribution in [-0.4, -0.2) is 49.1 Å². The number of pyridine rings is 2. The molecule has 5 N–H and O–H groups in total. The molecular formula is C32H36N8O. The van der Waals surface area contributed by atoms with Crippen LogP contribution in [0.25, 0.3) is 39.5 Å². The number of benzene rings is 2. The molecule has 1 fully saturated rings. The van der Waals surface area contributed by atoms with E-state index in [0.717, 1.165) is 52.4 Å². The van der Waals surface area contributed by atoms with Crippen LogP contribution in [0.2, 0.25) is 0 Å². The third-order valence-corrected chi connectivity index (χ3v) is 7.54. The van der Waals surface area contributed by atoms with Crippen LogP contribution in [0, 0.1) is 0 Å². The Bertz CT molecular complexity index is 1590. The quantitative estimate of drug-likeness (QED) is 0.105. The first kappa shape index (κ1) is 27.8. The summed E-state index contributed by atoms with van der Waals surface area (Å²) in [5, 5.41) is 9.71. The highest BCUT2D eigenvalue weighted by atomic mass is 16.4. The Hall–Kier alpha value is -4.76. The van der Waals surface area contributed by atoms with Crippen LogP contribution in [0.4, 0.5) is 5.82 Å². The van der Waals surface area contributed by atoms with Gasteiger partial charge in [-0.1, -0.05) is 66.9 Å². The molecule has 1 aliphatic rings. The lowest BCUT2D eigenvalue weighted by Gasteiger charge is -2.31. The number of oxime groups is 1. The van der Waals surface area contributed by atoms with E-state index in [9.17, 15) is 0 Å². The number of nitrogen functional groups attached to an aromatic ring is 1. The van der Waals surface area contributed by atoms with Crippen molar-refractivity contribution in [1.29, 1.82) is 0 Å². The van der Waals surface area contributed by atoms with Crippen LogP contribution in [0.15, 0.2) is 90.2 Å². The van der Waals surface area contributed by atoms with Crippen molar-refractivity contribution in [2.75, 3.05) is 12.8 Å². The van der Waals surface area contributed by atoms with Crippen LogP contribution < -0.4 is 11.5 Å². The number of imidazole rings is 1. The van der Waals surface area contributed by atoms with Crippen molar-refractivity contribution in [2.45, 2.75) is 44.7 Å². The molecule has 0 bridgehead atoms. The summed E-state index contributed by atoms with van der Waals surface area (Å²) in [7, 11) is 2.26. The summed E-state index contributed by atoms with van der Waals surface area (Å²) in [6, 6.07) is 27.6. The van der Waals surface area contributed by atoms with Crippen LogP contribution in [0.5, 0.6) is 0 Å². The van der Waals surface area contributed by atoms with E-state index < -0.39 is 0 Å². The second-order valence-corrected chi connectivity index (χ2v) is 10.3. The highest BCUT2D eigenvalue weighted by Gasteiger charge is 2.20. The molecule has 41 heavy (non-hydrogen) atoms. The molecule has 0 amide bonds. The molecule has 3 heterocycles. The van der Waals surface area contributed by atoms with Crippen molar-refractivity contribution < 1.29 is 5.21 Å². The Balaban J connectivity index is 0.000000794. The van der Waals surface area contributed by atoms with Gasteiger partial charge >= 0.3 is 0 Å². The molecule has 3 aromatic heterocycles. The highest BCUT2D eigenvalue weighted by Crippen LogP contribution is 2.32. The second kappa shape index (κ2) is 13.1. The van der Waals surface area contributed by atoms with Crippen molar-refractivity contribution >= 4 is 23.3 Å². The predicted molar refractivity (Wildman–Crippen MR) is 165 cm³/mol. The molecule has 0 atom stereocenters. The van der Waals surface area contributed by atoms with E-state index in [1.54, 1.807) is 6.20 Å². The van der Waals surface area contributed by atoms with Crippen molar-refractivity contribution in [3.05, 3.63) is 90.6 Å². The van der Waals surface area contributed by atoms with Crippen LogP contribution in [0.1, 0.15) is 37.7 Å². The van der Waals surface area contributed by atoms with Gasteiger partial charge in [0.25, 0.3) is 0 Å². The molecule has 0 spiro atoms. The minimum Gasteiger partial charge on any atom is -0.410 e. The maximum atomic E-state index is 7.32. The molecule has 0 radical (unpaired) electrons. The minimum atomic E-state index is 0.452. The summed E-state index contributed by atoms with van der Waals surface area (Å²) in [5.41, 5.74) is 17.5. The zero-order valence-electron chi connectivity index (χ0n) is 23.3. The number of nitrogens with two attached hydrogens (primary N) is 2. The lowest BCUT2D eigenvalue weighted by atomic mass is 9.94. The van der Waals surface area contributed by atoms with Crippen molar-refractivity contribution in [1.82, 2.24) is 24.4 Å². The number of hydrogen-bond acceptors (Lipinski definition) is 7. The Morgan fingerprint density at radius 3 is 2.37 bits per heavy atom. The fourth-order valence-electron chi connectivity index (χ4n) is 5.45. The van der Waals surface area contributed by atoms with Gasteiger partial charge < -0.3 is 16.7 Å². The van der Waals surface area contributed by atoms with Crippen LogP contribution >= 0.6 is 0 Å². The number of nitrogens with zero attached hydrogens (tertiary/aromatic N) is 6. The fraction of sp³-hybridized carbons (Fsp3) is 0.250. The van der Waals surface area contributed by atoms with E-state index in [0.29, 0.717) is 11.9 Å². The summed E-state index contributed by atoms with van der Waals surface area (Å²) in [5.74, 6) is 1.19. The lowest BCUT2D eigenvalue weighted by Crippen LogP contribution is -2.32. The lowest BCUT2D eigenvalue weighted by molar-refractivity contribution is 0.184. The van der Waals surface area contributed by atoms with E-state index >= 15 is 0 Å². The molecule has 0 aliphatic heterocycles. The average molecular weight is 549 g/mol. The largest absolute Gasteiger partial charge is 0.410 e. The highest BCUT2D eigenvalue weighted by molar-refractivity contribution is 5.84. The smallest absolute Gasteiger partial charge is 0.165 e. The first-order chi connectivity index (χ1) is 20.1. The summed E-state index contributed by atoms with van der Waals surface area (Å²) in [4.78, 5) is 16.8. The third kappa shape index (κ3) is 6.36. The molecule has 2 aromatic carbocycles. The second-order valence-electron chi connectivity index (χ2n) is 10.3. The van der Waals surface area contributed by atoms with Gasteiger partial charge in [-0.15, -0.1) is 0 Å². The monoisotopic (exact) mass is 548 g/mol. The summed E-state index contributed by atoms with van der Waals surface area (Å²) < 4.78 is 2.10. The van der Waals surface area contributed by atoms with E-state index in [-0.39, 0.29) is 0 Å².